The number of ether oxygens (including phenoxy) is 2. The third kappa shape index (κ3) is 4.77. The summed E-state index contributed by atoms with van der Waals surface area (Å²) in [6.45, 7) is 7.06. The zero-order valence-corrected chi connectivity index (χ0v) is 11.0. The van der Waals surface area contributed by atoms with Gasteiger partial charge in [0.25, 0.3) is 0 Å². The van der Waals surface area contributed by atoms with Crippen LogP contribution >= 0.6 is 0 Å². The lowest BCUT2D eigenvalue weighted by atomic mass is 10.2. The van der Waals surface area contributed by atoms with Gasteiger partial charge in [-0.05, 0) is 24.6 Å². The van der Waals surface area contributed by atoms with Gasteiger partial charge in [-0.15, -0.1) is 0 Å². The van der Waals surface area contributed by atoms with Crippen LogP contribution in [0.4, 0.5) is 0 Å². The first-order valence-corrected chi connectivity index (χ1v) is 5.96. The van der Waals surface area contributed by atoms with E-state index < -0.39 is 0 Å². The Kier molecular flexibility index (Phi) is 6.25. The molecule has 0 aliphatic carbocycles. The second kappa shape index (κ2) is 7.74. The number of aliphatic hydroxyl groups is 1. The molecule has 2 N–H and O–H groups in total. The van der Waals surface area contributed by atoms with E-state index in [4.69, 9.17) is 14.6 Å². The lowest BCUT2D eigenvalue weighted by molar-refractivity contribution is 0.191. The number of methoxy groups -OCH3 is 1. The van der Waals surface area contributed by atoms with Crippen molar-refractivity contribution in [3.8, 4) is 11.5 Å². The predicted octanol–water partition coefficient (Wildman–Crippen LogP) is 1.73. The molecule has 0 saturated carbocycles. The van der Waals surface area contributed by atoms with Crippen LogP contribution in [0.1, 0.15) is 12.5 Å². The summed E-state index contributed by atoms with van der Waals surface area (Å²) < 4.78 is 10.7. The van der Waals surface area contributed by atoms with E-state index in [1.807, 2.05) is 18.2 Å². The summed E-state index contributed by atoms with van der Waals surface area (Å²) >= 11 is 0. The lowest BCUT2D eigenvalue weighted by Crippen LogP contribution is -2.23. The van der Waals surface area contributed by atoms with Gasteiger partial charge < -0.3 is 19.9 Å². The Labute approximate surface area is 108 Å². The van der Waals surface area contributed by atoms with E-state index in [9.17, 15) is 0 Å². The predicted molar refractivity (Wildman–Crippen MR) is 72.1 cm³/mol. The van der Waals surface area contributed by atoms with Crippen molar-refractivity contribution in [2.45, 2.75) is 19.6 Å². The zero-order valence-electron chi connectivity index (χ0n) is 11.0. The molecule has 0 saturated heterocycles. The van der Waals surface area contributed by atoms with E-state index in [1.165, 1.54) is 0 Å². The van der Waals surface area contributed by atoms with Gasteiger partial charge in [-0.2, -0.15) is 0 Å². The quantitative estimate of drug-likeness (QED) is 0.691. The summed E-state index contributed by atoms with van der Waals surface area (Å²) in [6.07, 6.45) is 1.35. The van der Waals surface area contributed by atoms with E-state index >= 15 is 0 Å². The molecule has 0 bridgehead atoms. The third-order valence-electron chi connectivity index (χ3n) is 2.35. The standard InChI is InChI=1S/C14H21NO3/c1-4-7-18-13-6-5-12(8-14(13)17-3)10-15-9-11(2)16/h4-6,8,11,15-16H,1,7,9-10H2,2-3H3/t11-/m1/s1. The molecule has 4 heteroatoms. The molecule has 1 aromatic carbocycles. The molecule has 1 rings (SSSR count). The molecule has 1 aromatic rings. The number of aliphatic hydroxyl groups excluding tert-OH is 1. The molecule has 0 fully saturated rings. The minimum Gasteiger partial charge on any atom is -0.493 e. The average molecular weight is 251 g/mol. The van der Waals surface area contributed by atoms with Crippen LogP contribution in [-0.2, 0) is 6.54 Å². The summed E-state index contributed by atoms with van der Waals surface area (Å²) in [4.78, 5) is 0. The molecular formula is C14H21NO3. The highest BCUT2D eigenvalue weighted by molar-refractivity contribution is 5.43. The average Bonchev–Trinajstić information content (AvgIpc) is 2.36. The fraction of sp³-hybridized carbons (Fsp3) is 0.429. The summed E-state index contributed by atoms with van der Waals surface area (Å²) in [5.74, 6) is 1.41. The Morgan fingerprint density at radius 2 is 2.22 bits per heavy atom. The van der Waals surface area contributed by atoms with E-state index in [0.717, 1.165) is 5.56 Å². The molecule has 0 aliphatic rings. The minimum atomic E-state index is -0.345. The fourth-order valence-electron chi connectivity index (χ4n) is 1.52. The molecule has 18 heavy (non-hydrogen) atoms. The minimum absolute atomic E-state index is 0.345. The highest BCUT2D eigenvalue weighted by Gasteiger charge is 2.05. The van der Waals surface area contributed by atoms with Gasteiger partial charge in [0.2, 0.25) is 0 Å². The van der Waals surface area contributed by atoms with Crippen molar-refractivity contribution >= 4 is 0 Å². The Morgan fingerprint density at radius 3 is 2.83 bits per heavy atom. The maximum absolute atomic E-state index is 9.16. The van der Waals surface area contributed by atoms with Crippen molar-refractivity contribution in [2.75, 3.05) is 20.3 Å². The maximum atomic E-state index is 9.16. The first-order valence-electron chi connectivity index (χ1n) is 5.96. The van der Waals surface area contributed by atoms with Crippen LogP contribution in [0.25, 0.3) is 0 Å². The zero-order chi connectivity index (χ0) is 13.4. The van der Waals surface area contributed by atoms with Crippen LogP contribution in [0.3, 0.4) is 0 Å². The molecule has 100 valence electrons. The normalized spacial score (nSPS) is 11.9. The van der Waals surface area contributed by atoms with E-state index in [-0.39, 0.29) is 6.10 Å². The highest BCUT2D eigenvalue weighted by Crippen LogP contribution is 2.27. The van der Waals surface area contributed by atoms with Crippen LogP contribution in [0.15, 0.2) is 30.9 Å². The summed E-state index contributed by atoms with van der Waals surface area (Å²) in [7, 11) is 1.61. The van der Waals surface area contributed by atoms with Gasteiger partial charge in [-0.25, -0.2) is 0 Å². The molecule has 0 radical (unpaired) electrons. The van der Waals surface area contributed by atoms with Crippen molar-refractivity contribution in [1.82, 2.24) is 5.32 Å². The Balaban J connectivity index is 2.63. The second-order valence-electron chi connectivity index (χ2n) is 4.06. The SMILES string of the molecule is C=CCOc1ccc(CNC[C@@H](C)O)cc1OC. The largest absolute Gasteiger partial charge is 0.493 e. The molecule has 0 spiro atoms. The number of benzene rings is 1. The van der Waals surface area contributed by atoms with Gasteiger partial charge in [0, 0.05) is 13.1 Å². The van der Waals surface area contributed by atoms with E-state index in [0.29, 0.717) is 31.2 Å². The number of nitrogens with one attached hydrogen (secondary N) is 1. The van der Waals surface area contributed by atoms with Gasteiger partial charge in [-0.3, -0.25) is 0 Å². The molecule has 0 aliphatic heterocycles. The van der Waals surface area contributed by atoms with Crippen molar-refractivity contribution in [3.05, 3.63) is 36.4 Å². The Bertz CT molecular complexity index is 377. The van der Waals surface area contributed by atoms with Crippen LogP contribution in [0.2, 0.25) is 0 Å². The summed E-state index contributed by atoms with van der Waals surface area (Å²) in [5, 5.41) is 12.3. The van der Waals surface area contributed by atoms with Crippen LogP contribution in [0, 0.1) is 0 Å². The molecule has 0 amide bonds. The van der Waals surface area contributed by atoms with Gasteiger partial charge in [0.15, 0.2) is 11.5 Å². The Hall–Kier alpha value is -1.52. The monoisotopic (exact) mass is 251 g/mol. The van der Waals surface area contributed by atoms with Gasteiger partial charge in [-0.1, -0.05) is 18.7 Å². The molecule has 0 unspecified atom stereocenters. The molecule has 0 heterocycles. The van der Waals surface area contributed by atoms with Crippen molar-refractivity contribution in [1.29, 1.82) is 0 Å². The van der Waals surface area contributed by atoms with Crippen LogP contribution < -0.4 is 14.8 Å². The molecule has 1 atom stereocenters. The smallest absolute Gasteiger partial charge is 0.161 e. The summed E-state index contributed by atoms with van der Waals surface area (Å²) in [6, 6.07) is 5.77. The van der Waals surface area contributed by atoms with Crippen molar-refractivity contribution in [2.24, 2.45) is 0 Å². The van der Waals surface area contributed by atoms with Gasteiger partial charge in [0.05, 0.1) is 13.2 Å². The van der Waals surface area contributed by atoms with Crippen molar-refractivity contribution in [3.63, 3.8) is 0 Å². The molecular weight excluding hydrogens is 230 g/mol. The van der Waals surface area contributed by atoms with E-state index in [2.05, 4.69) is 11.9 Å². The number of hydrogen-bond donors (Lipinski definition) is 2. The van der Waals surface area contributed by atoms with E-state index in [1.54, 1.807) is 20.1 Å². The number of hydrogen-bond acceptors (Lipinski definition) is 4. The summed E-state index contributed by atoms with van der Waals surface area (Å²) in [5.41, 5.74) is 1.08. The molecule has 0 aromatic heterocycles. The Morgan fingerprint density at radius 1 is 1.44 bits per heavy atom. The molecule has 4 nitrogen and oxygen atoms in total. The lowest BCUT2D eigenvalue weighted by Gasteiger charge is -2.12. The first kappa shape index (κ1) is 14.5. The third-order valence-corrected chi connectivity index (χ3v) is 2.35. The highest BCUT2D eigenvalue weighted by atomic mass is 16.5. The maximum Gasteiger partial charge on any atom is 0.161 e. The van der Waals surface area contributed by atoms with Crippen LogP contribution in [-0.4, -0.2) is 31.5 Å². The fourth-order valence-corrected chi connectivity index (χ4v) is 1.52. The second-order valence-corrected chi connectivity index (χ2v) is 4.06. The first-order chi connectivity index (χ1) is 8.67. The van der Waals surface area contributed by atoms with Crippen LogP contribution in [0.5, 0.6) is 11.5 Å². The van der Waals surface area contributed by atoms with Gasteiger partial charge >= 0.3 is 0 Å². The van der Waals surface area contributed by atoms with Crippen molar-refractivity contribution < 1.29 is 14.6 Å². The van der Waals surface area contributed by atoms with Gasteiger partial charge in [0.1, 0.15) is 6.61 Å². The topological polar surface area (TPSA) is 50.7 Å². The number of rotatable bonds is 8.